The summed E-state index contributed by atoms with van der Waals surface area (Å²) in [5, 5.41) is 6.06. The van der Waals surface area contributed by atoms with Crippen molar-refractivity contribution in [2.75, 3.05) is 37.6 Å². The average Bonchev–Trinajstić information content (AvgIpc) is 3.09. The molecule has 2 heterocycles. The van der Waals surface area contributed by atoms with Crippen LogP contribution in [0.25, 0.3) is 0 Å². The number of thiazole rings is 1. The van der Waals surface area contributed by atoms with E-state index in [4.69, 9.17) is 0 Å². The lowest BCUT2D eigenvalue weighted by molar-refractivity contribution is -0.122. The third-order valence-corrected chi connectivity index (χ3v) is 4.59. The SMILES string of the molecule is O=C(CN1CCN(c2nccs2)CC1)NCc1ccccc1. The zero-order valence-electron chi connectivity index (χ0n) is 12.4. The van der Waals surface area contributed by atoms with E-state index in [1.165, 1.54) is 0 Å². The number of anilines is 1. The highest BCUT2D eigenvalue weighted by atomic mass is 32.1. The molecule has 0 radical (unpaired) electrons. The second-order valence-electron chi connectivity index (χ2n) is 5.34. The predicted octanol–water partition coefficient (Wildman–Crippen LogP) is 1.58. The number of hydrogen-bond donors (Lipinski definition) is 1. The number of benzene rings is 1. The van der Waals surface area contributed by atoms with Gasteiger partial charge in [0.15, 0.2) is 5.13 Å². The van der Waals surface area contributed by atoms with E-state index >= 15 is 0 Å². The molecule has 5 nitrogen and oxygen atoms in total. The smallest absolute Gasteiger partial charge is 0.234 e. The Labute approximate surface area is 134 Å². The van der Waals surface area contributed by atoms with Crippen LogP contribution in [-0.4, -0.2) is 48.5 Å². The molecule has 1 saturated heterocycles. The van der Waals surface area contributed by atoms with Crippen LogP contribution in [0.3, 0.4) is 0 Å². The van der Waals surface area contributed by atoms with Crippen LogP contribution in [0, 0.1) is 0 Å². The first kappa shape index (κ1) is 15.0. The third kappa shape index (κ3) is 4.05. The molecule has 1 fully saturated rings. The molecule has 0 saturated carbocycles. The van der Waals surface area contributed by atoms with Crippen LogP contribution in [0.15, 0.2) is 41.9 Å². The van der Waals surface area contributed by atoms with Gasteiger partial charge in [-0.2, -0.15) is 0 Å². The molecule has 116 valence electrons. The number of carbonyl (C=O) groups is 1. The first-order valence-corrected chi connectivity index (χ1v) is 8.36. The van der Waals surface area contributed by atoms with Gasteiger partial charge < -0.3 is 10.2 Å². The lowest BCUT2D eigenvalue weighted by Gasteiger charge is -2.34. The minimum absolute atomic E-state index is 0.0894. The predicted molar refractivity (Wildman–Crippen MR) is 89.1 cm³/mol. The van der Waals surface area contributed by atoms with E-state index in [-0.39, 0.29) is 5.91 Å². The zero-order valence-corrected chi connectivity index (χ0v) is 13.3. The maximum absolute atomic E-state index is 12.0. The molecule has 6 heteroatoms. The Morgan fingerprint density at radius 1 is 1.18 bits per heavy atom. The van der Waals surface area contributed by atoms with Gasteiger partial charge in [0.05, 0.1) is 6.54 Å². The minimum Gasteiger partial charge on any atom is -0.351 e. The number of piperazine rings is 1. The molecule has 1 aliphatic heterocycles. The van der Waals surface area contributed by atoms with E-state index in [1.807, 2.05) is 41.9 Å². The van der Waals surface area contributed by atoms with E-state index in [2.05, 4.69) is 20.1 Å². The van der Waals surface area contributed by atoms with Crippen LogP contribution in [0.4, 0.5) is 5.13 Å². The standard InChI is InChI=1S/C16H20N4OS/c21-15(18-12-14-4-2-1-3-5-14)13-19-7-9-20(10-8-19)16-17-6-11-22-16/h1-6,11H,7-10,12-13H2,(H,18,21). The fraction of sp³-hybridized carbons (Fsp3) is 0.375. The quantitative estimate of drug-likeness (QED) is 0.910. The summed E-state index contributed by atoms with van der Waals surface area (Å²) >= 11 is 1.67. The minimum atomic E-state index is 0.0894. The van der Waals surface area contributed by atoms with Crippen molar-refractivity contribution in [3.05, 3.63) is 47.5 Å². The molecular formula is C16H20N4OS. The van der Waals surface area contributed by atoms with Gasteiger partial charge in [0.25, 0.3) is 0 Å². The molecule has 0 unspecified atom stereocenters. The van der Waals surface area contributed by atoms with Gasteiger partial charge in [-0.15, -0.1) is 11.3 Å². The summed E-state index contributed by atoms with van der Waals surface area (Å²) in [5.74, 6) is 0.0894. The van der Waals surface area contributed by atoms with Crippen molar-refractivity contribution in [1.82, 2.24) is 15.2 Å². The van der Waals surface area contributed by atoms with Crippen LogP contribution >= 0.6 is 11.3 Å². The Balaban J connectivity index is 1.40. The van der Waals surface area contributed by atoms with Gasteiger partial charge in [0.2, 0.25) is 5.91 Å². The lowest BCUT2D eigenvalue weighted by Crippen LogP contribution is -2.49. The highest BCUT2D eigenvalue weighted by Gasteiger charge is 2.20. The van der Waals surface area contributed by atoms with E-state index in [9.17, 15) is 4.79 Å². The molecule has 1 aromatic carbocycles. The summed E-state index contributed by atoms with van der Waals surface area (Å²) in [5.41, 5.74) is 1.13. The molecular weight excluding hydrogens is 296 g/mol. The Morgan fingerprint density at radius 3 is 2.64 bits per heavy atom. The van der Waals surface area contributed by atoms with E-state index in [0.29, 0.717) is 13.1 Å². The van der Waals surface area contributed by atoms with Crippen LogP contribution in [0.2, 0.25) is 0 Å². The highest BCUT2D eigenvalue weighted by molar-refractivity contribution is 7.13. The molecule has 3 rings (SSSR count). The van der Waals surface area contributed by atoms with Gasteiger partial charge >= 0.3 is 0 Å². The summed E-state index contributed by atoms with van der Waals surface area (Å²) in [7, 11) is 0. The normalized spacial score (nSPS) is 15.7. The fourth-order valence-electron chi connectivity index (χ4n) is 2.52. The van der Waals surface area contributed by atoms with Crippen molar-refractivity contribution in [3.63, 3.8) is 0 Å². The number of hydrogen-bond acceptors (Lipinski definition) is 5. The first-order chi connectivity index (χ1) is 10.8. The zero-order chi connectivity index (χ0) is 15.2. The van der Waals surface area contributed by atoms with Gasteiger partial charge in [-0.3, -0.25) is 9.69 Å². The van der Waals surface area contributed by atoms with Crippen molar-refractivity contribution < 1.29 is 4.79 Å². The summed E-state index contributed by atoms with van der Waals surface area (Å²) < 4.78 is 0. The van der Waals surface area contributed by atoms with E-state index in [0.717, 1.165) is 36.9 Å². The largest absolute Gasteiger partial charge is 0.351 e. The Morgan fingerprint density at radius 2 is 1.95 bits per heavy atom. The summed E-state index contributed by atoms with van der Waals surface area (Å²) in [4.78, 5) is 20.8. The Hall–Kier alpha value is -1.92. The molecule has 1 aromatic heterocycles. The first-order valence-electron chi connectivity index (χ1n) is 7.49. The number of nitrogens with zero attached hydrogens (tertiary/aromatic N) is 3. The molecule has 22 heavy (non-hydrogen) atoms. The number of amides is 1. The van der Waals surface area contributed by atoms with Crippen molar-refractivity contribution in [3.8, 4) is 0 Å². The number of aromatic nitrogens is 1. The van der Waals surface area contributed by atoms with Crippen molar-refractivity contribution in [2.45, 2.75) is 6.54 Å². The highest BCUT2D eigenvalue weighted by Crippen LogP contribution is 2.18. The summed E-state index contributed by atoms with van der Waals surface area (Å²) in [6, 6.07) is 9.99. The molecule has 1 N–H and O–H groups in total. The van der Waals surface area contributed by atoms with Crippen LogP contribution in [0.5, 0.6) is 0 Å². The van der Waals surface area contributed by atoms with Crippen LogP contribution in [0.1, 0.15) is 5.56 Å². The lowest BCUT2D eigenvalue weighted by atomic mass is 10.2. The molecule has 0 atom stereocenters. The van der Waals surface area contributed by atoms with Gasteiger partial charge in [0, 0.05) is 44.3 Å². The van der Waals surface area contributed by atoms with Gasteiger partial charge in [-0.25, -0.2) is 4.98 Å². The van der Waals surface area contributed by atoms with E-state index in [1.54, 1.807) is 11.3 Å². The average molecular weight is 316 g/mol. The monoisotopic (exact) mass is 316 g/mol. The van der Waals surface area contributed by atoms with Gasteiger partial charge in [-0.1, -0.05) is 30.3 Å². The second-order valence-corrected chi connectivity index (χ2v) is 6.21. The topological polar surface area (TPSA) is 48.5 Å². The van der Waals surface area contributed by atoms with Gasteiger partial charge in [-0.05, 0) is 5.56 Å². The van der Waals surface area contributed by atoms with Crippen molar-refractivity contribution >= 4 is 22.4 Å². The molecule has 1 amide bonds. The number of carbonyl (C=O) groups excluding carboxylic acids is 1. The number of rotatable bonds is 5. The molecule has 0 spiro atoms. The van der Waals surface area contributed by atoms with Crippen LogP contribution in [-0.2, 0) is 11.3 Å². The third-order valence-electron chi connectivity index (χ3n) is 3.76. The molecule has 2 aromatic rings. The van der Waals surface area contributed by atoms with Crippen LogP contribution < -0.4 is 10.2 Å². The summed E-state index contributed by atoms with van der Waals surface area (Å²) in [6.45, 7) is 4.73. The number of nitrogens with one attached hydrogen (secondary N) is 1. The van der Waals surface area contributed by atoms with Crippen molar-refractivity contribution in [2.24, 2.45) is 0 Å². The molecule has 0 bridgehead atoms. The van der Waals surface area contributed by atoms with Gasteiger partial charge in [0.1, 0.15) is 0 Å². The maximum Gasteiger partial charge on any atom is 0.234 e. The molecule has 1 aliphatic rings. The van der Waals surface area contributed by atoms with Crippen molar-refractivity contribution in [1.29, 1.82) is 0 Å². The Bertz CT molecular complexity index is 579. The second kappa shape index (κ2) is 7.38. The molecule has 0 aliphatic carbocycles. The Kier molecular flexibility index (Phi) is 5.03. The fourth-order valence-corrected chi connectivity index (χ4v) is 3.22. The van der Waals surface area contributed by atoms with E-state index < -0.39 is 0 Å². The maximum atomic E-state index is 12.0. The summed E-state index contributed by atoms with van der Waals surface area (Å²) in [6.07, 6.45) is 1.84.